The van der Waals surface area contributed by atoms with E-state index in [0.717, 1.165) is 39.3 Å². The van der Waals surface area contributed by atoms with E-state index in [9.17, 15) is 4.79 Å². The number of aromatic nitrogens is 3. The topological polar surface area (TPSA) is 72.3 Å². The minimum absolute atomic E-state index is 0.0867. The van der Waals surface area contributed by atoms with Gasteiger partial charge in [-0.05, 0) is 66.2 Å². The number of para-hydroxylation sites is 2. The lowest BCUT2D eigenvalue weighted by Gasteiger charge is -2.38. The molecule has 0 saturated carbocycles. The number of methoxy groups -OCH3 is 1. The molecule has 1 aromatic heterocycles. The zero-order chi connectivity index (χ0) is 24.6. The van der Waals surface area contributed by atoms with E-state index in [1.54, 1.807) is 24.1 Å². The average molecular weight is 496 g/mol. The minimum atomic E-state index is -0.439. The molecule has 0 bridgehead atoms. The van der Waals surface area contributed by atoms with Gasteiger partial charge in [0.2, 0.25) is 0 Å². The first-order chi connectivity index (χ1) is 17.6. The molecule has 2 heterocycles. The Kier molecular flexibility index (Phi) is 5.54. The minimum Gasteiger partial charge on any atom is -0.496 e. The summed E-state index contributed by atoms with van der Waals surface area (Å²) in [5.74, 6) is 0.648. The number of nitrogens with one attached hydrogen (secondary N) is 1. The highest BCUT2D eigenvalue weighted by atomic mass is 35.5. The number of halogens is 1. The molecule has 0 spiro atoms. The number of fused-ring (bicyclic) bond motifs is 2. The van der Waals surface area contributed by atoms with Gasteiger partial charge in [0.1, 0.15) is 17.4 Å². The van der Waals surface area contributed by atoms with Crippen LogP contribution in [0.25, 0.3) is 11.0 Å². The fourth-order valence-corrected chi connectivity index (χ4v) is 4.77. The van der Waals surface area contributed by atoms with Crippen LogP contribution < -0.4 is 15.0 Å². The van der Waals surface area contributed by atoms with E-state index in [4.69, 9.17) is 16.3 Å². The van der Waals surface area contributed by atoms with Gasteiger partial charge in [0.05, 0.1) is 24.7 Å². The highest BCUT2D eigenvalue weighted by Crippen LogP contribution is 2.38. The smallest absolute Gasteiger partial charge is 0.262 e. The number of hydrogen-bond donors (Lipinski definition) is 1. The molecule has 6 rings (SSSR count). The summed E-state index contributed by atoms with van der Waals surface area (Å²) < 4.78 is 7.52. The number of nitrogens with zero attached hydrogens (tertiary/aromatic N) is 4. The van der Waals surface area contributed by atoms with E-state index < -0.39 is 6.17 Å². The van der Waals surface area contributed by atoms with E-state index in [1.807, 2.05) is 77.5 Å². The molecule has 1 N–H and O–H groups in total. The second-order valence-corrected chi connectivity index (χ2v) is 8.99. The third-order valence-corrected chi connectivity index (χ3v) is 6.64. The Hall–Kier alpha value is -4.36. The SMILES string of the molecule is COc1ccc([C@@H]2Nc3ccccc3C(=O)N2c2ccc(Cl)cc2)cc1Cn1nnc2ccccc21. The Morgan fingerprint density at radius 2 is 1.75 bits per heavy atom. The van der Waals surface area contributed by atoms with Crippen molar-refractivity contribution in [3.8, 4) is 5.75 Å². The second-order valence-electron chi connectivity index (χ2n) is 8.55. The van der Waals surface area contributed by atoms with Gasteiger partial charge >= 0.3 is 0 Å². The van der Waals surface area contributed by atoms with Crippen LogP contribution in [-0.4, -0.2) is 28.0 Å². The molecule has 1 aliphatic rings. The predicted octanol–water partition coefficient (Wildman–Crippen LogP) is 5.91. The first kappa shape index (κ1) is 22.1. The molecule has 7 nitrogen and oxygen atoms in total. The predicted molar refractivity (Wildman–Crippen MR) is 141 cm³/mol. The second kappa shape index (κ2) is 9.02. The van der Waals surface area contributed by atoms with Gasteiger partial charge in [0.15, 0.2) is 0 Å². The van der Waals surface area contributed by atoms with Crippen LogP contribution in [0.3, 0.4) is 0 Å². The maximum absolute atomic E-state index is 13.7. The summed E-state index contributed by atoms with van der Waals surface area (Å²) in [6.07, 6.45) is -0.439. The van der Waals surface area contributed by atoms with Gasteiger partial charge in [-0.25, -0.2) is 4.68 Å². The summed E-state index contributed by atoms with van der Waals surface area (Å²) in [4.78, 5) is 15.5. The lowest BCUT2D eigenvalue weighted by molar-refractivity contribution is 0.0975. The van der Waals surface area contributed by atoms with Crippen molar-refractivity contribution in [1.82, 2.24) is 15.0 Å². The van der Waals surface area contributed by atoms with Crippen molar-refractivity contribution in [3.63, 3.8) is 0 Å². The lowest BCUT2D eigenvalue weighted by Crippen LogP contribution is -2.43. The molecule has 1 atom stereocenters. The molecule has 8 heteroatoms. The van der Waals surface area contributed by atoms with Crippen LogP contribution in [0.2, 0.25) is 5.02 Å². The van der Waals surface area contributed by atoms with Crippen LogP contribution in [0, 0.1) is 0 Å². The molecule has 1 aliphatic heterocycles. The van der Waals surface area contributed by atoms with Crippen molar-refractivity contribution in [1.29, 1.82) is 0 Å². The Labute approximate surface area is 212 Å². The zero-order valence-corrected chi connectivity index (χ0v) is 20.2. The van der Waals surface area contributed by atoms with E-state index in [1.165, 1.54) is 0 Å². The number of benzene rings is 4. The molecule has 0 radical (unpaired) electrons. The summed E-state index contributed by atoms with van der Waals surface area (Å²) >= 11 is 6.14. The summed E-state index contributed by atoms with van der Waals surface area (Å²) in [5.41, 5.74) is 5.76. The molecular formula is C28H22ClN5O2. The van der Waals surface area contributed by atoms with Crippen LogP contribution in [0.1, 0.15) is 27.7 Å². The fraction of sp³-hybridized carbons (Fsp3) is 0.107. The maximum Gasteiger partial charge on any atom is 0.262 e. The van der Waals surface area contributed by atoms with Crippen LogP contribution in [0.15, 0.2) is 91.0 Å². The number of carbonyl (C=O) groups excluding carboxylic acids is 1. The number of rotatable bonds is 5. The number of ether oxygens (including phenoxy) is 1. The van der Waals surface area contributed by atoms with Gasteiger partial charge in [-0.2, -0.15) is 0 Å². The maximum atomic E-state index is 13.7. The number of carbonyl (C=O) groups is 1. The van der Waals surface area contributed by atoms with Crippen molar-refractivity contribution in [2.24, 2.45) is 0 Å². The number of anilines is 2. The zero-order valence-electron chi connectivity index (χ0n) is 19.4. The Balaban J connectivity index is 1.44. The average Bonchev–Trinajstić information content (AvgIpc) is 3.32. The Morgan fingerprint density at radius 3 is 2.58 bits per heavy atom. The molecule has 1 amide bonds. The molecule has 178 valence electrons. The van der Waals surface area contributed by atoms with Gasteiger partial charge in [0.25, 0.3) is 5.91 Å². The van der Waals surface area contributed by atoms with Crippen molar-refractivity contribution in [2.75, 3.05) is 17.3 Å². The monoisotopic (exact) mass is 495 g/mol. The molecule has 0 aliphatic carbocycles. The fourth-order valence-electron chi connectivity index (χ4n) is 4.64. The van der Waals surface area contributed by atoms with Crippen LogP contribution >= 0.6 is 11.6 Å². The largest absolute Gasteiger partial charge is 0.496 e. The normalized spacial score (nSPS) is 15.0. The van der Waals surface area contributed by atoms with Crippen LogP contribution in [-0.2, 0) is 6.54 Å². The summed E-state index contributed by atoms with van der Waals surface area (Å²) in [5, 5.41) is 12.8. The van der Waals surface area contributed by atoms with Gasteiger partial charge < -0.3 is 10.1 Å². The number of amides is 1. The van der Waals surface area contributed by atoms with Crippen LogP contribution in [0.4, 0.5) is 11.4 Å². The van der Waals surface area contributed by atoms with E-state index >= 15 is 0 Å². The van der Waals surface area contributed by atoms with Crippen molar-refractivity contribution < 1.29 is 9.53 Å². The standard InChI is InChI=1S/C28H22ClN5O2/c1-36-26-15-10-18(16-19(26)17-33-25-9-5-4-8-24(25)31-32-33)27-30-23-7-3-2-6-22(23)28(35)34(27)21-13-11-20(29)12-14-21/h2-16,27,30H,17H2,1H3/t27-/m1/s1. The number of hydrogen-bond acceptors (Lipinski definition) is 5. The quantitative estimate of drug-likeness (QED) is 0.328. The Bertz CT molecular complexity index is 1580. The van der Waals surface area contributed by atoms with Crippen molar-refractivity contribution >= 4 is 39.9 Å². The van der Waals surface area contributed by atoms with Gasteiger partial charge in [0, 0.05) is 22.0 Å². The van der Waals surface area contributed by atoms with Crippen molar-refractivity contribution in [3.05, 3.63) is 113 Å². The molecule has 0 saturated heterocycles. The Morgan fingerprint density at radius 1 is 0.972 bits per heavy atom. The van der Waals surface area contributed by atoms with Gasteiger partial charge in [-0.1, -0.05) is 47.1 Å². The van der Waals surface area contributed by atoms with E-state index in [0.29, 0.717) is 17.1 Å². The third-order valence-electron chi connectivity index (χ3n) is 6.39. The lowest BCUT2D eigenvalue weighted by atomic mass is 10.0. The first-order valence-corrected chi connectivity index (χ1v) is 11.9. The third kappa shape index (κ3) is 3.83. The summed E-state index contributed by atoms with van der Waals surface area (Å²) in [6.45, 7) is 0.468. The highest BCUT2D eigenvalue weighted by molar-refractivity contribution is 6.30. The summed E-state index contributed by atoms with van der Waals surface area (Å²) in [6, 6.07) is 28.6. The van der Waals surface area contributed by atoms with Gasteiger partial charge in [-0.15, -0.1) is 5.10 Å². The van der Waals surface area contributed by atoms with E-state index in [2.05, 4.69) is 21.7 Å². The molecule has 0 fully saturated rings. The van der Waals surface area contributed by atoms with E-state index in [-0.39, 0.29) is 5.91 Å². The summed E-state index contributed by atoms with van der Waals surface area (Å²) in [7, 11) is 1.65. The van der Waals surface area contributed by atoms with Crippen molar-refractivity contribution in [2.45, 2.75) is 12.7 Å². The first-order valence-electron chi connectivity index (χ1n) is 11.5. The highest BCUT2D eigenvalue weighted by Gasteiger charge is 2.34. The van der Waals surface area contributed by atoms with Gasteiger partial charge in [-0.3, -0.25) is 9.69 Å². The molecule has 36 heavy (non-hydrogen) atoms. The molecule has 5 aromatic rings. The molecule has 4 aromatic carbocycles. The molecular weight excluding hydrogens is 474 g/mol. The molecule has 0 unspecified atom stereocenters. The van der Waals surface area contributed by atoms with Crippen LogP contribution in [0.5, 0.6) is 5.75 Å².